The molecule has 0 saturated heterocycles. The summed E-state index contributed by atoms with van der Waals surface area (Å²) < 4.78 is 39.8. The average molecular weight is 402 g/mol. The Balaban J connectivity index is 2.02. The van der Waals surface area contributed by atoms with Gasteiger partial charge in [0, 0.05) is 35.5 Å². The molecule has 0 bridgehead atoms. The van der Waals surface area contributed by atoms with Crippen LogP contribution in [0.15, 0.2) is 54.7 Å². The number of amides is 1. The molecule has 3 rings (SSSR count). The molecule has 3 nitrogen and oxygen atoms in total. The molecule has 2 atom stereocenters. The molecule has 0 fully saturated rings. The number of benzene rings is 2. The Kier molecular flexibility index (Phi) is 6.01. The SMILES string of the molecule is CC(C)[C@@H](C)NC(=O)C[C@H](c1cccc(C(F)(F)F)c1)c1c[nH]c2ccccc12. The Morgan fingerprint density at radius 1 is 1.07 bits per heavy atom. The van der Waals surface area contributed by atoms with Crippen molar-refractivity contribution in [3.63, 3.8) is 0 Å². The van der Waals surface area contributed by atoms with Gasteiger partial charge < -0.3 is 10.3 Å². The van der Waals surface area contributed by atoms with E-state index >= 15 is 0 Å². The predicted molar refractivity (Wildman–Crippen MR) is 109 cm³/mol. The molecule has 0 aliphatic carbocycles. The molecule has 154 valence electrons. The summed E-state index contributed by atoms with van der Waals surface area (Å²) in [5, 5.41) is 3.87. The van der Waals surface area contributed by atoms with Crippen LogP contribution in [0.1, 0.15) is 49.8 Å². The zero-order valence-corrected chi connectivity index (χ0v) is 16.7. The maximum absolute atomic E-state index is 13.3. The molecule has 6 heteroatoms. The first kappa shape index (κ1) is 21.0. The molecular formula is C23H25F3N2O. The lowest BCUT2D eigenvalue weighted by Gasteiger charge is -2.22. The molecule has 0 radical (unpaired) electrons. The molecule has 1 amide bonds. The zero-order valence-electron chi connectivity index (χ0n) is 16.7. The minimum atomic E-state index is -4.44. The van der Waals surface area contributed by atoms with E-state index in [1.165, 1.54) is 6.07 Å². The lowest BCUT2D eigenvalue weighted by molar-refractivity contribution is -0.137. The normalized spacial score (nSPS) is 14.2. The summed E-state index contributed by atoms with van der Waals surface area (Å²) in [6.45, 7) is 5.94. The Morgan fingerprint density at radius 3 is 2.48 bits per heavy atom. The van der Waals surface area contributed by atoms with Gasteiger partial charge >= 0.3 is 6.18 Å². The number of carbonyl (C=O) groups excluding carboxylic acids is 1. The van der Waals surface area contributed by atoms with E-state index in [9.17, 15) is 18.0 Å². The number of alkyl halides is 3. The third-order valence-corrected chi connectivity index (χ3v) is 5.39. The molecule has 0 unspecified atom stereocenters. The molecular weight excluding hydrogens is 377 g/mol. The van der Waals surface area contributed by atoms with E-state index in [-0.39, 0.29) is 24.3 Å². The molecule has 1 aromatic heterocycles. The van der Waals surface area contributed by atoms with E-state index in [4.69, 9.17) is 0 Å². The first-order valence-electron chi connectivity index (χ1n) is 9.69. The number of para-hydroxylation sites is 1. The predicted octanol–water partition coefficient (Wildman–Crippen LogP) is 5.87. The molecule has 0 spiro atoms. The number of halogens is 3. The van der Waals surface area contributed by atoms with Crippen molar-refractivity contribution in [2.75, 3.05) is 0 Å². The van der Waals surface area contributed by atoms with Gasteiger partial charge in [-0.05, 0) is 36.1 Å². The van der Waals surface area contributed by atoms with Gasteiger partial charge in [0.15, 0.2) is 0 Å². The van der Waals surface area contributed by atoms with Crippen molar-refractivity contribution < 1.29 is 18.0 Å². The van der Waals surface area contributed by atoms with E-state index in [2.05, 4.69) is 10.3 Å². The van der Waals surface area contributed by atoms with Gasteiger partial charge in [0.2, 0.25) is 5.91 Å². The van der Waals surface area contributed by atoms with Gasteiger partial charge in [-0.1, -0.05) is 50.2 Å². The Labute approximate surface area is 168 Å². The monoisotopic (exact) mass is 402 g/mol. The molecule has 3 aromatic rings. The number of nitrogens with one attached hydrogen (secondary N) is 2. The fourth-order valence-electron chi connectivity index (χ4n) is 3.39. The van der Waals surface area contributed by atoms with Crippen LogP contribution in [0.5, 0.6) is 0 Å². The number of aromatic nitrogens is 1. The summed E-state index contributed by atoms with van der Waals surface area (Å²) in [4.78, 5) is 15.9. The standard InChI is InChI=1S/C23H25F3N2O/c1-14(2)15(3)28-22(29)12-19(16-7-6-8-17(11-16)23(24,25)26)20-13-27-21-10-5-4-9-18(20)21/h4-11,13-15,19,27H,12H2,1-3H3,(H,28,29)/t15-,19-/m1/s1. The minimum absolute atomic E-state index is 0.0207. The molecule has 2 aromatic carbocycles. The molecule has 29 heavy (non-hydrogen) atoms. The van der Waals surface area contributed by atoms with Crippen LogP contribution in [-0.2, 0) is 11.0 Å². The summed E-state index contributed by atoms with van der Waals surface area (Å²) in [6.07, 6.45) is -2.58. The van der Waals surface area contributed by atoms with Crippen LogP contribution in [-0.4, -0.2) is 16.9 Å². The van der Waals surface area contributed by atoms with Gasteiger partial charge in [-0.3, -0.25) is 4.79 Å². The highest BCUT2D eigenvalue weighted by Gasteiger charge is 2.32. The molecule has 0 saturated carbocycles. The minimum Gasteiger partial charge on any atom is -0.361 e. The summed E-state index contributed by atoms with van der Waals surface area (Å²) >= 11 is 0. The fraction of sp³-hybridized carbons (Fsp3) is 0.348. The van der Waals surface area contributed by atoms with Gasteiger partial charge in [-0.25, -0.2) is 0 Å². The second kappa shape index (κ2) is 8.31. The average Bonchev–Trinajstić information content (AvgIpc) is 3.09. The number of aromatic amines is 1. The second-order valence-corrected chi connectivity index (χ2v) is 7.77. The lowest BCUT2D eigenvalue weighted by Crippen LogP contribution is -2.36. The van der Waals surface area contributed by atoms with Crippen LogP contribution in [0, 0.1) is 5.92 Å². The van der Waals surface area contributed by atoms with E-state index in [1.54, 1.807) is 12.3 Å². The van der Waals surface area contributed by atoms with Crippen LogP contribution in [0.4, 0.5) is 13.2 Å². The summed E-state index contributed by atoms with van der Waals surface area (Å²) in [6, 6.07) is 12.8. The van der Waals surface area contributed by atoms with Crippen molar-refractivity contribution in [2.24, 2.45) is 5.92 Å². The third-order valence-electron chi connectivity index (χ3n) is 5.39. The van der Waals surface area contributed by atoms with Crippen LogP contribution in [0.3, 0.4) is 0 Å². The van der Waals surface area contributed by atoms with Crippen molar-refractivity contribution in [3.8, 4) is 0 Å². The van der Waals surface area contributed by atoms with Crippen LogP contribution < -0.4 is 5.32 Å². The third kappa shape index (κ3) is 4.81. The Bertz CT molecular complexity index is 991. The lowest BCUT2D eigenvalue weighted by atomic mass is 9.87. The van der Waals surface area contributed by atoms with Gasteiger partial charge in [-0.2, -0.15) is 13.2 Å². The largest absolute Gasteiger partial charge is 0.416 e. The smallest absolute Gasteiger partial charge is 0.361 e. The summed E-state index contributed by atoms with van der Waals surface area (Å²) in [5.41, 5.74) is 1.45. The maximum Gasteiger partial charge on any atom is 0.416 e. The van der Waals surface area contributed by atoms with E-state index in [0.717, 1.165) is 28.6 Å². The van der Waals surface area contributed by atoms with Crippen molar-refractivity contribution in [1.29, 1.82) is 0 Å². The van der Waals surface area contributed by atoms with Crippen molar-refractivity contribution >= 4 is 16.8 Å². The van der Waals surface area contributed by atoms with Crippen LogP contribution in [0.2, 0.25) is 0 Å². The molecule has 0 aliphatic rings. The first-order valence-corrected chi connectivity index (χ1v) is 9.69. The first-order chi connectivity index (χ1) is 13.7. The summed E-state index contributed by atoms with van der Waals surface area (Å²) in [5.74, 6) is -0.411. The molecule has 1 heterocycles. The summed E-state index contributed by atoms with van der Waals surface area (Å²) in [7, 11) is 0. The van der Waals surface area contributed by atoms with Crippen molar-refractivity contribution in [1.82, 2.24) is 10.3 Å². The van der Waals surface area contributed by atoms with Gasteiger partial charge in [0.05, 0.1) is 5.56 Å². The molecule has 0 aliphatic heterocycles. The number of carbonyl (C=O) groups is 1. The number of hydrogen-bond donors (Lipinski definition) is 2. The fourth-order valence-corrected chi connectivity index (χ4v) is 3.39. The van der Waals surface area contributed by atoms with Crippen LogP contribution >= 0.6 is 0 Å². The highest BCUT2D eigenvalue weighted by atomic mass is 19.4. The highest BCUT2D eigenvalue weighted by Crippen LogP contribution is 2.36. The Morgan fingerprint density at radius 2 is 1.79 bits per heavy atom. The number of fused-ring (bicyclic) bond motifs is 1. The number of rotatable bonds is 6. The number of H-pyrrole nitrogens is 1. The molecule has 2 N–H and O–H groups in total. The Hall–Kier alpha value is -2.76. The van der Waals surface area contributed by atoms with Gasteiger partial charge in [0.1, 0.15) is 0 Å². The van der Waals surface area contributed by atoms with E-state index < -0.39 is 17.7 Å². The van der Waals surface area contributed by atoms with Gasteiger partial charge in [-0.15, -0.1) is 0 Å². The van der Waals surface area contributed by atoms with Gasteiger partial charge in [0.25, 0.3) is 0 Å². The van der Waals surface area contributed by atoms with Crippen molar-refractivity contribution in [3.05, 3.63) is 71.4 Å². The van der Waals surface area contributed by atoms with E-state index in [0.29, 0.717) is 5.56 Å². The highest BCUT2D eigenvalue weighted by molar-refractivity contribution is 5.86. The second-order valence-electron chi connectivity index (χ2n) is 7.77. The van der Waals surface area contributed by atoms with Crippen molar-refractivity contribution in [2.45, 2.75) is 45.3 Å². The van der Waals surface area contributed by atoms with Crippen LogP contribution in [0.25, 0.3) is 10.9 Å². The maximum atomic E-state index is 13.3. The van der Waals surface area contributed by atoms with E-state index in [1.807, 2.05) is 45.0 Å². The quantitative estimate of drug-likeness (QED) is 0.532. The zero-order chi connectivity index (χ0) is 21.2. The number of hydrogen-bond acceptors (Lipinski definition) is 1. The topological polar surface area (TPSA) is 44.9 Å².